The van der Waals surface area contributed by atoms with E-state index < -0.39 is 12.1 Å². The maximum Gasteiger partial charge on any atom is 0.304 e. The van der Waals surface area contributed by atoms with Gasteiger partial charge in [0.15, 0.2) is 6.04 Å². The summed E-state index contributed by atoms with van der Waals surface area (Å²) in [6.45, 7) is 2.03. The van der Waals surface area contributed by atoms with Gasteiger partial charge in [0, 0.05) is 16.7 Å². The zero-order valence-electron chi connectivity index (χ0n) is 17.4. The summed E-state index contributed by atoms with van der Waals surface area (Å²) in [7, 11) is 1.57. The van der Waals surface area contributed by atoms with Crippen LogP contribution in [0.3, 0.4) is 0 Å². The third-order valence-electron chi connectivity index (χ3n) is 5.28. The lowest BCUT2D eigenvalue weighted by atomic mass is 10.00. The first-order chi connectivity index (χ1) is 15.0. The molecule has 1 aliphatic rings. The van der Waals surface area contributed by atoms with Gasteiger partial charge in [0.25, 0.3) is 5.91 Å². The van der Waals surface area contributed by atoms with E-state index >= 15 is 0 Å². The molecule has 0 radical (unpaired) electrons. The first kappa shape index (κ1) is 20.3. The number of hydrazine groups is 1. The van der Waals surface area contributed by atoms with Crippen LogP contribution in [0.2, 0.25) is 0 Å². The summed E-state index contributed by atoms with van der Waals surface area (Å²) >= 11 is 0. The third-order valence-corrected chi connectivity index (χ3v) is 5.28. The summed E-state index contributed by atoms with van der Waals surface area (Å²) < 4.78 is 6.91. The quantitative estimate of drug-likeness (QED) is 0.631. The number of aryl methyl sites for hydroxylation is 1. The minimum Gasteiger partial charge on any atom is -0.497 e. The van der Waals surface area contributed by atoms with E-state index in [1.54, 1.807) is 36.1 Å². The Bertz CT molecular complexity index is 1110. The Hall–Kier alpha value is -3.93. The van der Waals surface area contributed by atoms with Crippen molar-refractivity contribution in [1.29, 1.82) is 0 Å². The fraction of sp³-hybridized carbons (Fsp3) is 0.160. The molecule has 2 N–H and O–H groups in total. The van der Waals surface area contributed by atoms with E-state index in [0.717, 1.165) is 16.7 Å². The molecule has 0 saturated carbocycles. The van der Waals surface area contributed by atoms with E-state index in [1.807, 2.05) is 67.7 Å². The van der Waals surface area contributed by atoms with E-state index in [4.69, 9.17) is 4.74 Å². The molecule has 3 aromatic carbocycles. The van der Waals surface area contributed by atoms with Crippen molar-refractivity contribution in [2.75, 3.05) is 7.11 Å². The number of ether oxygens (including phenoxy) is 1. The minimum absolute atomic E-state index is 0.265. The topological polar surface area (TPSA) is 70.4 Å². The summed E-state index contributed by atoms with van der Waals surface area (Å²) in [5.41, 5.74) is 6.39. The molecule has 6 heteroatoms. The fourth-order valence-corrected chi connectivity index (χ4v) is 3.61. The maximum absolute atomic E-state index is 12.9. The normalized spacial score (nSPS) is 19.2. The number of hydrogen-bond donors (Lipinski definition) is 2. The van der Waals surface area contributed by atoms with Crippen molar-refractivity contribution in [3.05, 3.63) is 101 Å². The number of methoxy groups -OCH3 is 1. The van der Waals surface area contributed by atoms with Gasteiger partial charge < -0.3 is 10.1 Å². The molecule has 2 amide bonds. The van der Waals surface area contributed by atoms with Crippen LogP contribution in [0.25, 0.3) is 0 Å². The van der Waals surface area contributed by atoms with Crippen LogP contribution in [0.5, 0.6) is 5.75 Å². The second-order valence-corrected chi connectivity index (χ2v) is 7.46. The molecule has 1 saturated heterocycles. The standard InChI is InChI=1S/C25H23N3O3/c1-17-8-10-18(11-9-17)16-28-23(19-6-4-3-5-7-19)22(25(30)27-28)26-24(29)20-12-14-21(31-2)15-13-20/h3-16,22-23H,1-2H3,(H-,26,27,29,30)/p+1/b28-16-/t22-,23-/m0/s1. The van der Waals surface area contributed by atoms with Gasteiger partial charge in [0.05, 0.1) is 7.11 Å². The van der Waals surface area contributed by atoms with Gasteiger partial charge in [-0.1, -0.05) is 48.0 Å². The Morgan fingerprint density at radius 2 is 1.68 bits per heavy atom. The van der Waals surface area contributed by atoms with Crippen LogP contribution in [0.4, 0.5) is 0 Å². The predicted octanol–water partition coefficient (Wildman–Crippen LogP) is 3.02. The van der Waals surface area contributed by atoms with Gasteiger partial charge in [-0.2, -0.15) is 0 Å². The van der Waals surface area contributed by atoms with Crippen molar-refractivity contribution in [3.63, 3.8) is 0 Å². The van der Waals surface area contributed by atoms with E-state index in [0.29, 0.717) is 11.3 Å². The van der Waals surface area contributed by atoms with Crippen molar-refractivity contribution in [1.82, 2.24) is 10.7 Å². The van der Waals surface area contributed by atoms with Gasteiger partial charge in [-0.25, -0.2) is 0 Å². The Kier molecular flexibility index (Phi) is 5.80. The summed E-state index contributed by atoms with van der Waals surface area (Å²) in [5.74, 6) is 0.0798. The zero-order valence-corrected chi connectivity index (χ0v) is 17.4. The molecule has 0 aliphatic carbocycles. The lowest BCUT2D eigenvalue weighted by molar-refractivity contribution is -0.596. The van der Waals surface area contributed by atoms with Crippen LogP contribution < -0.4 is 15.5 Å². The molecule has 0 aromatic heterocycles. The van der Waals surface area contributed by atoms with Gasteiger partial charge >= 0.3 is 5.91 Å². The largest absolute Gasteiger partial charge is 0.497 e. The lowest BCUT2D eigenvalue weighted by Gasteiger charge is -2.14. The van der Waals surface area contributed by atoms with Gasteiger partial charge in [0.1, 0.15) is 5.75 Å². The molecule has 0 unspecified atom stereocenters. The summed E-state index contributed by atoms with van der Waals surface area (Å²) in [4.78, 5) is 25.7. The first-order valence-corrected chi connectivity index (χ1v) is 10.1. The molecule has 0 bridgehead atoms. The molecule has 2 atom stereocenters. The minimum atomic E-state index is -0.751. The van der Waals surface area contributed by atoms with Crippen LogP contribution in [-0.2, 0) is 4.79 Å². The summed E-state index contributed by atoms with van der Waals surface area (Å²) in [6, 6.07) is 23.3. The van der Waals surface area contributed by atoms with Crippen molar-refractivity contribution < 1.29 is 19.0 Å². The van der Waals surface area contributed by atoms with Crippen molar-refractivity contribution >= 4 is 18.0 Å². The number of nitrogens with zero attached hydrogens (tertiary/aromatic N) is 1. The van der Waals surface area contributed by atoms with Crippen LogP contribution in [0, 0.1) is 6.92 Å². The highest BCUT2D eigenvalue weighted by Crippen LogP contribution is 2.25. The molecular formula is C25H24N3O3+. The number of nitrogens with one attached hydrogen (secondary N) is 2. The number of benzene rings is 3. The number of amides is 2. The summed E-state index contributed by atoms with van der Waals surface area (Å²) in [5, 5.41) is 2.90. The van der Waals surface area contributed by atoms with E-state index in [1.165, 1.54) is 0 Å². The Morgan fingerprint density at radius 1 is 1.00 bits per heavy atom. The van der Waals surface area contributed by atoms with Crippen molar-refractivity contribution in [2.24, 2.45) is 0 Å². The molecule has 3 aromatic rings. The van der Waals surface area contributed by atoms with Gasteiger partial charge in [-0.05, 0) is 43.3 Å². The molecule has 6 nitrogen and oxygen atoms in total. The molecule has 0 spiro atoms. The molecule has 1 heterocycles. The second-order valence-electron chi connectivity index (χ2n) is 7.46. The Labute approximate surface area is 181 Å². The van der Waals surface area contributed by atoms with Crippen molar-refractivity contribution in [2.45, 2.75) is 19.0 Å². The van der Waals surface area contributed by atoms with Crippen LogP contribution in [-0.4, -0.2) is 35.9 Å². The van der Waals surface area contributed by atoms with Crippen LogP contribution in [0.15, 0.2) is 78.9 Å². The summed E-state index contributed by atoms with van der Waals surface area (Å²) in [6.07, 6.45) is 1.88. The molecule has 4 rings (SSSR count). The molecular weight excluding hydrogens is 390 g/mol. The monoisotopic (exact) mass is 414 g/mol. The first-order valence-electron chi connectivity index (χ1n) is 10.1. The fourth-order valence-electron chi connectivity index (χ4n) is 3.61. The van der Waals surface area contributed by atoms with Crippen molar-refractivity contribution in [3.8, 4) is 5.75 Å². The van der Waals surface area contributed by atoms with E-state index in [9.17, 15) is 9.59 Å². The molecule has 156 valence electrons. The van der Waals surface area contributed by atoms with Crippen LogP contribution in [0.1, 0.15) is 33.1 Å². The van der Waals surface area contributed by atoms with Gasteiger partial charge in [0.2, 0.25) is 12.3 Å². The predicted molar refractivity (Wildman–Crippen MR) is 118 cm³/mol. The SMILES string of the molecule is COc1ccc(C(=O)N[C@@H]2C(=O)N/[N+](=C\c3ccc(C)cc3)[C@H]2c2ccccc2)cc1. The number of hydrazone groups is 1. The highest BCUT2D eigenvalue weighted by molar-refractivity contribution is 5.98. The average molecular weight is 414 g/mol. The molecule has 1 fully saturated rings. The molecule has 31 heavy (non-hydrogen) atoms. The molecule has 1 aliphatic heterocycles. The van der Waals surface area contributed by atoms with E-state index in [2.05, 4.69) is 10.7 Å². The number of hydrogen-bond acceptors (Lipinski definition) is 3. The smallest absolute Gasteiger partial charge is 0.304 e. The second kappa shape index (κ2) is 8.83. The highest BCUT2D eigenvalue weighted by Gasteiger charge is 2.47. The third kappa shape index (κ3) is 4.48. The number of rotatable bonds is 5. The van der Waals surface area contributed by atoms with Gasteiger partial charge in [-0.3, -0.25) is 9.59 Å². The average Bonchev–Trinajstić information content (AvgIpc) is 3.10. The van der Waals surface area contributed by atoms with Gasteiger partial charge in [-0.15, -0.1) is 10.1 Å². The number of carbonyl (C=O) groups is 2. The number of carbonyl (C=O) groups excluding carboxylic acids is 2. The van der Waals surface area contributed by atoms with E-state index in [-0.39, 0.29) is 11.8 Å². The van der Waals surface area contributed by atoms with Crippen LogP contribution >= 0.6 is 0 Å². The zero-order chi connectivity index (χ0) is 21.8. The highest BCUT2D eigenvalue weighted by atomic mass is 16.5. The Balaban J connectivity index is 1.65. The lowest BCUT2D eigenvalue weighted by Crippen LogP contribution is -2.42. The Morgan fingerprint density at radius 3 is 2.32 bits per heavy atom. The maximum atomic E-state index is 12.9.